The third kappa shape index (κ3) is 4.17. The molecule has 0 aromatic carbocycles. The summed E-state index contributed by atoms with van der Waals surface area (Å²) in [4.78, 5) is 0. The van der Waals surface area contributed by atoms with Gasteiger partial charge in [-0.05, 0) is 36.8 Å². The fourth-order valence-electron chi connectivity index (χ4n) is 2.49. The van der Waals surface area contributed by atoms with Crippen LogP contribution in [-0.4, -0.2) is 20.3 Å². The third-order valence-corrected chi connectivity index (χ3v) is 7.59. The summed E-state index contributed by atoms with van der Waals surface area (Å²) in [5.41, 5.74) is 0. The lowest BCUT2D eigenvalue weighted by Gasteiger charge is -2.30. The first kappa shape index (κ1) is 15.8. The molecule has 3 nitrogen and oxygen atoms in total. The maximum atomic E-state index is 12.1. The van der Waals surface area contributed by atoms with Crippen LogP contribution in [0.4, 0.5) is 0 Å². The summed E-state index contributed by atoms with van der Waals surface area (Å²) < 4.78 is 27.7. The van der Waals surface area contributed by atoms with E-state index in [0.717, 1.165) is 23.1 Å². The van der Waals surface area contributed by atoms with Crippen molar-refractivity contribution in [3.63, 3.8) is 0 Å². The fraction of sp³-hybridized carbons (Fsp3) is 0.667. The Morgan fingerprint density at radius 2 is 2.00 bits per heavy atom. The molecule has 0 spiro atoms. The summed E-state index contributed by atoms with van der Waals surface area (Å²) in [5, 5.41) is 0.949. The van der Waals surface area contributed by atoms with E-state index in [1.807, 2.05) is 0 Å². The standard InChI is InChI=1S/C12H17BrClNO2S2/c13-7-9-3-1-2-4-10(9)8-15-19(16,17)12-6-5-11(14)18-12/h5-6,9-10,15H,1-4,7-8H2. The van der Waals surface area contributed by atoms with Crippen molar-refractivity contribution in [2.45, 2.75) is 29.9 Å². The number of sulfonamides is 1. The first-order valence-electron chi connectivity index (χ1n) is 6.34. The SMILES string of the molecule is O=S(=O)(NCC1CCCCC1CBr)c1ccc(Cl)s1. The van der Waals surface area contributed by atoms with Crippen LogP contribution in [0.25, 0.3) is 0 Å². The topological polar surface area (TPSA) is 46.2 Å². The second-order valence-electron chi connectivity index (χ2n) is 4.87. The van der Waals surface area contributed by atoms with Crippen molar-refractivity contribution in [3.05, 3.63) is 16.5 Å². The molecule has 2 rings (SSSR count). The van der Waals surface area contributed by atoms with Crippen molar-refractivity contribution in [1.29, 1.82) is 0 Å². The molecule has 0 aliphatic heterocycles. The molecule has 1 fully saturated rings. The molecule has 1 N–H and O–H groups in total. The van der Waals surface area contributed by atoms with Crippen LogP contribution >= 0.6 is 38.9 Å². The molecule has 1 heterocycles. The van der Waals surface area contributed by atoms with E-state index in [1.54, 1.807) is 12.1 Å². The van der Waals surface area contributed by atoms with Gasteiger partial charge in [-0.25, -0.2) is 13.1 Å². The minimum Gasteiger partial charge on any atom is -0.210 e. The molecule has 1 aromatic heterocycles. The van der Waals surface area contributed by atoms with Gasteiger partial charge in [0.25, 0.3) is 0 Å². The second-order valence-corrected chi connectivity index (χ2v) is 9.23. The molecule has 7 heteroatoms. The molecule has 19 heavy (non-hydrogen) atoms. The van der Waals surface area contributed by atoms with Gasteiger partial charge in [-0.2, -0.15) is 0 Å². The Morgan fingerprint density at radius 3 is 2.58 bits per heavy atom. The lowest BCUT2D eigenvalue weighted by Crippen LogP contribution is -2.34. The normalized spacial score (nSPS) is 24.5. The van der Waals surface area contributed by atoms with E-state index in [2.05, 4.69) is 20.7 Å². The summed E-state index contributed by atoms with van der Waals surface area (Å²) in [6, 6.07) is 3.17. The number of rotatable bonds is 5. The summed E-state index contributed by atoms with van der Waals surface area (Å²) in [6.45, 7) is 0.522. The minimum atomic E-state index is -3.40. The molecule has 2 unspecified atom stereocenters. The van der Waals surface area contributed by atoms with Gasteiger partial charge >= 0.3 is 0 Å². The highest BCUT2D eigenvalue weighted by molar-refractivity contribution is 9.09. The van der Waals surface area contributed by atoms with Crippen molar-refractivity contribution < 1.29 is 8.42 Å². The van der Waals surface area contributed by atoms with Crippen LogP contribution in [0.1, 0.15) is 25.7 Å². The largest absolute Gasteiger partial charge is 0.250 e. The summed E-state index contributed by atoms with van der Waals surface area (Å²) in [5.74, 6) is 1.00. The molecule has 1 saturated carbocycles. The number of alkyl halides is 1. The van der Waals surface area contributed by atoms with Crippen LogP contribution < -0.4 is 4.72 Å². The number of thiophene rings is 1. The molecular formula is C12H17BrClNO2S2. The first-order chi connectivity index (χ1) is 9.03. The van der Waals surface area contributed by atoms with Gasteiger partial charge in [-0.3, -0.25) is 0 Å². The highest BCUT2D eigenvalue weighted by Crippen LogP contribution is 2.31. The van der Waals surface area contributed by atoms with Crippen LogP contribution in [0, 0.1) is 11.8 Å². The van der Waals surface area contributed by atoms with Crippen molar-refractivity contribution >= 4 is 48.9 Å². The maximum Gasteiger partial charge on any atom is 0.250 e. The van der Waals surface area contributed by atoms with Crippen molar-refractivity contribution in [2.75, 3.05) is 11.9 Å². The van der Waals surface area contributed by atoms with E-state index in [0.29, 0.717) is 26.9 Å². The predicted octanol–water partition coefficient (Wildman–Crippen LogP) is 3.88. The van der Waals surface area contributed by atoms with Crippen molar-refractivity contribution in [3.8, 4) is 0 Å². The molecule has 1 aliphatic rings. The van der Waals surface area contributed by atoms with Crippen molar-refractivity contribution in [1.82, 2.24) is 4.72 Å². The molecule has 0 amide bonds. The number of hydrogen-bond acceptors (Lipinski definition) is 3. The molecule has 108 valence electrons. The van der Waals surface area contributed by atoms with Gasteiger partial charge in [-0.15, -0.1) is 11.3 Å². The molecule has 1 aromatic rings. The van der Waals surface area contributed by atoms with E-state index in [4.69, 9.17) is 11.6 Å². The summed E-state index contributed by atoms with van der Waals surface area (Å²) >= 11 is 10.4. The van der Waals surface area contributed by atoms with E-state index in [1.165, 1.54) is 19.3 Å². The van der Waals surface area contributed by atoms with E-state index in [9.17, 15) is 8.42 Å². The Balaban J connectivity index is 1.97. The number of halogens is 2. The van der Waals surface area contributed by atoms with E-state index in [-0.39, 0.29) is 0 Å². The minimum absolute atomic E-state index is 0.295. The average Bonchev–Trinajstić information content (AvgIpc) is 2.84. The molecule has 1 aliphatic carbocycles. The summed E-state index contributed by atoms with van der Waals surface area (Å²) in [7, 11) is -3.40. The van der Waals surface area contributed by atoms with Crippen LogP contribution in [0.5, 0.6) is 0 Å². The van der Waals surface area contributed by atoms with E-state index >= 15 is 0 Å². The Kier molecular flexibility index (Phi) is 5.72. The van der Waals surface area contributed by atoms with Gasteiger partial charge in [0.05, 0.1) is 4.34 Å². The number of nitrogens with one attached hydrogen (secondary N) is 1. The lowest BCUT2D eigenvalue weighted by atomic mass is 9.80. The first-order valence-corrected chi connectivity index (χ1v) is 10.1. The second kappa shape index (κ2) is 6.89. The summed E-state index contributed by atoms with van der Waals surface area (Å²) in [6.07, 6.45) is 4.73. The fourth-order valence-corrected chi connectivity index (χ4v) is 5.96. The Morgan fingerprint density at radius 1 is 1.32 bits per heavy atom. The predicted molar refractivity (Wildman–Crippen MR) is 83.8 cm³/mol. The van der Waals surface area contributed by atoms with Gasteiger partial charge in [0.15, 0.2) is 0 Å². The van der Waals surface area contributed by atoms with Crippen molar-refractivity contribution in [2.24, 2.45) is 11.8 Å². The molecule has 2 atom stereocenters. The van der Waals surface area contributed by atoms with Gasteiger partial charge in [0, 0.05) is 11.9 Å². The van der Waals surface area contributed by atoms with Gasteiger partial charge in [0.2, 0.25) is 10.0 Å². The lowest BCUT2D eigenvalue weighted by molar-refractivity contribution is 0.263. The van der Waals surface area contributed by atoms with Gasteiger partial charge in [0.1, 0.15) is 4.21 Å². The van der Waals surface area contributed by atoms with Gasteiger partial charge < -0.3 is 0 Å². The monoisotopic (exact) mass is 385 g/mol. The molecule has 0 saturated heterocycles. The zero-order valence-corrected chi connectivity index (χ0v) is 14.4. The van der Waals surface area contributed by atoms with Crippen LogP contribution in [0.15, 0.2) is 16.3 Å². The highest BCUT2D eigenvalue weighted by Gasteiger charge is 2.26. The van der Waals surface area contributed by atoms with Crippen LogP contribution in [-0.2, 0) is 10.0 Å². The zero-order valence-electron chi connectivity index (χ0n) is 10.4. The molecule has 0 bridgehead atoms. The Labute approximate surface area is 131 Å². The zero-order chi connectivity index (χ0) is 13.9. The Hall–Kier alpha value is 0.380. The highest BCUT2D eigenvalue weighted by atomic mass is 79.9. The molecular weight excluding hydrogens is 370 g/mol. The third-order valence-electron chi connectivity index (χ3n) is 3.61. The Bertz CT molecular complexity index is 518. The molecule has 0 radical (unpaired) electrons. The maximum absolute atomic E-state index is 12.1. The number of hydrogen-bond donors (Lipinski definition) is 1. The van der Waals surface area contributed by atoms with Crippen LogP contribution in [0.2, 0.25) is 4.34 Å². The van der Waals surface area contributed by atoms with E-state index < -0.39 is 10.0 Å². The average molecular weight is 387 g/mol. The van der Waals surface area contributed by atoms with Crippen LogP contribution in [0.3, 0.4) is 0 Å². The quantitative estimate of drug-likeness (QED) is 0.781. The van der Waals surface area contributed by atoms with Gasteiger partial charge in [-0.1, -0.05) is 40.4 Å². The smallest absolute Gasteiger partial charge is 0.210 e.